The van der Waals surface area contributed by atoms with Gasteiger partial charge in [0.2, 0.25) is 0 Å². The third-order valence-corrected chi connectivity index (χ3v) is 4.50. The number of rotatable bonds is 2. The predicted octanol–water partition coefficient (Wildman–Crippen LogP) is 0.00240. The number of nitrogens with one attached hydrogen (secondary N) is 1. The summed E-state index contributed by atoms with van der Waals surface area (Å²) in [6.07, 6.45) is 2.72. The maximum absolute atomic E-state index is 5.60. The number of hydrogen-bond donors (Lipinski definition) is 1. The van der Waals surface area contributed by atoms with E-state index in [0.717, 1.165) is 25.7 Å². The number of fused-ring (bicyclic) bond motifs is 1. The molecule has 3 rings (SSSR count). The van der Waals surface area contributed by atoms with Crippen LogP contribution in [0.4, 0.5) is 0 Å². The van der Waals surface area contributed by atoms with Crippen LogP contribution in [-0.2, 0) is 4.74 Å². The summed E-state index contributed by atoms with van der Waals surface area (Å²) in [6, 6.07) is 0.666. The molecule has 3 aliphatic rings. The zero-order valence-electron chi connectivity index (χ0n) is 10.7. The molecule has 0 radical (unpaired) electrons. The van der Waals surface area contributed by atoms with Gasteiger partial charge >= 0.3 is 0 Å². The fraction of sp³-hybridized carbons (Fsp3) is 1.00. The minimum absolute atomic E-state index is 0.666. The van der Waals surface area contributed by atoms with E-state index in [1.54, 1.807) is 0 Å². The van der Waals surface area contributed by atoms with E-state index >= 15 is 0 Å². The number of piperazine rings is 1. The van der Waals surface area contributed by atoms with Crippen molar-refractivity contribution >= 4 is 0 Å². The number of nitrogens with zero attached hydrogens (tertiary/aromatic N) is 2. The van der Waals surface area contributed by atoms with Gasteiger partial charge in [0.25, 0.3) is 0 Å². The molecule has 0 spiro atoms. The van der Waals surface area contributed by atoms with Crippen molar-refractivity contribution in [3.05, 3.63) is 0 Å². The number of ether oxygens (including phenoxy) is 1. The van der Waals surface area contributed by atoms with E-state index in [-0.39, 0.29) is 0 Å². The van der Waals surface area contributed by atoms with Gasteiger partial charge in [-0.15, -0.1) is 0 Å². The largest absolute Gasteiger partial charge is 0.378 e. The molecule has 1 N–H and O–H groups in total. The number of piperidine rings is 1. The molecule has 3 heterocycles. The molecule has 0 bridgehead atoms. The summed E-state index contributed by atoms with van der Waals surface area (Å²) in [6.45, 7) is 10.5. The second-order valence-corrected chi connectivity index (χ2v) is 5.72. The summed E-state index contributed by atoms with van der Waals surface area (Å²) in [7, 11) is 0. The molecule has 3 aliphatic heterocycles. The predicted molar refractivity (Wildman–Crippen MR) is 68.2 cm³/mol. The Morgan fingerprint density at radius 1 is 1.12 bits per heavy atom. The average molecular weight is 239 g/mol. The van der Waals surface area contributed by atoms with Gasteiger partial charge in [-0.25, -0.2) is 0 Å². The van der Waals surface area contributed by atoms with Crippen LogP contribution in [0.15, 0.2) is 0 Å². The van der Waals surface area contributed by atoms with Gasteiger partial charge < -0.3 is 15.0 Å². The lowest BCUT2D eigenvalue weighted by molar-refractivity contribution is -0.0475. The molecule has 3 saturated heterocycles. The van der Waals surface area contributed by atoms with Crippen LogP contribution in [0.5, 0.6) is 0 Å². The molecule has 0 aromatic heterocycles. The molecule has 0 aromatic rings. The lowest BCUT2D eigenvalue weighted by Gasteiger charge is -2.44. The molecule has 0 aromatic carbocycles. The fourth-order valence-electron chi connectivity index (χ4n) is 3.41. The normalized spacial score (nSPS) is 33.5. The second-order valence-electron chi connectivity index (χ2n) is 5.72. The van der Waals surface area contributed by atoms with E-state index in [0.29, 0.717) is 6.04 Å². The van der Waals surface area contributed by atoms with Crippen LogP contribution in [0.3, 0.4) is 0 Å². The highest BCUT2D eigenvalue weighted by Gasteiger charge is 2.30. The van der Waals surface area contributed by atoms with Crippen molar-refractivity contribution in [1.29, 1.82) is 0 Å². The molecule has 1 unspecified atom stereocenters. The fourth-order valence-corrected chi connectivity index (χ4v) is 3.41. The van der Waals surface area contributed by atoms with Crippen molar-refractivity contribution < 1.29 is 4.74 Å². The standard InChI is InChI=1S/C13H25N3O/c1-3-14-4-2-12(1)9-15-5-6-16-7-8-17-11-13(16)10-15/h12-14H,1-11H2. The summed E-state index contributed by atoms with van der Waals surface area (Å²) in [4.78, 5) is 5.29. The van der Waals surface area contributed by atoms with Gasteiger partial charge in [-0.1, -0.05) is 0 Å². The lowest BCUT2D eigenvalue weighted by Crippen LogP contribution is -2.58. The molecular weight excluding hydrogens is 214 g/mol. The minimum Gasteiger partial charge on any atom is -0.378 e. The van der Waals surface area contributed by atoms with Crippen LogP contribution in [0, 0.1) is 5.92 Å². The lowest BCUT2D eigenvalue weighted by atomic mass is 9.97. The van der Waals surface area contributed by atoms with Gasteiger partial charge in [0.15, 0.2) is 0 Å². The van der Waals surface area contributed by atoms with Gasteiger partial charge in [-0.3, -0.25) is 4.90 Å². The van der Waals surface area contributed by atoms with Crippen molar-refractivity contribution in [1.82, 2.24) is 15.1 Å². The molecular formula is C13H25N3O. The van der Waals surface area contributed by atoms with Crippen molar-refractivity contribution in [3.8, 4) is 0 Å². The van der Waals surface area contributed by atoms with E-state index in [2.05, 4.69) is 15.1 Å². The molecule has 1 atom stereocenters. The zero-order valence-corrected chi connectivity index (χ0v) is 10.7. The Kier molecular flexibility index (Phi) is 3.96. The number of hydrogen-bond acceptors (Lipinski definition) is 4. The van der Waals surface area contributed by atoms with E-state index in [9.17, 15) is 0 Å². The van der Waals surface area contributed by atoms with Crippen LogP contribution < -0.4 is 5.32 Å². The van der Waals surface area contributed by atoms with E-state index in [4.69, 9.17) is 4.74 Å². The molecule has 3 fully saturated rings. The zero-order chi connectivity index (χ0) is 11.5. The van der Waals surface area contributed by atoms with Crippen LogP contribution in [-0.4, -0.2) is 74.9 Å². The summed E-state index contributed by atoms with van der Waals surface area (Å²) in [5, 5.41) is 3.45. The molecule has 4 nitrogen and oxygen atoms in total. The van der Waals surface area contributed by atoms with Gasteiger partial charge in [-0.2, -0.15) is 0 Å². The monoisotopic (exact) mass is 239 g/mol. The first-order chi connectivity index (χ1) is 8.42. The van der Waals surface area contributed by atoms with Crippen LogP contribution in [0.1, 0.15) is 12.8 Å². The molecule has 0 saturated carbocycles. The summed E-state index contributed by atoms with van der Waals surface area (Å²) < 4.78 is 5.60. The maximum atomic E-state index is 5.60. The maximum Gasteiger partial charge on any atom is 0.0634 e. The van der Waals surface area contributed by atoms with Crippen molar-refractivity contribution in [2.45, 2.75) is 18.9 Å². The highest BCUT2D eigenvalue weighted by molar-refractivity contribution is 4.85. The number of morpholine rings is 1. The van der Waals surface area contributed by atoms with Crippen molar-refractivity contribution in [3.63, 3.8) is 0 Å². The van der Waals surface area contributed by atoms with Gasteiger partial charge in [-0.05, 0) is 31.8 Å². The Hall–Kier alpha value is -0.160. The van der Waals surface area contributed by atoms with Crippen LogP contribution in [0.2, 0.25) is 0 Å². The summed E-state index contributed by atoms with van der Waals surface area (Å²) in [5.41, 5.74) is 0. The van der Waals surface area contributed by atoms with Gasteiger partial charge in [0, 0.05) is 38.8 Å². The first-order valence-electron chi connectivity index (χ1n) is 7.17. The average Bonchev–Trinajstić information content (AvgIpc) is 2.40. The van der Waals surface area contributed by atoms with Crippen LogP contribution in [0.25, 0.3) is 0 Å². The quantitative estimate of drug-likeness (QED) is 0.734. The smallest absolute Gasteiger partial charge is 0.0634 e. The van der Waals surface area contributed by atoms with Gasteiger partial charge in [0.05, 0.1) is 13.2 Å². The van der Waals surface area contributed by atoms with E-state index in [1.807, 2.05) is 0 Å². The SMILES string of the molecule is C1CC(CN2CCN3CCOCC3C2)CCN1. The minimum atomic E-state index is 0.666. The molecule has 0 aliphatic carbocycles. The van der Waals surface area contributed by atoms with Crippen molar-refractivity contribution in [2.24, 2.45) is 5.92 Å². The van der Waals surface area contributed by atoms with Crippen molar-refractivity contribution in [2.75, 3.05) is 59.0 Å². The molecule has 0 amide bonds. The Bertz CT molecular complexity index is 241. The Morgan fingerprint density at radius 2 is 2.00 bits per heavy atom. The Morgan fingerprint density at radius 3 is 2.88 bits per heavy atom. The van der Waals surface area contributed by atoms with E-state index in [1.165, 1.54) is 52.1 Å². The topological polar surface area (TPSA) is 27.7 Å². The van der Waals surface area contributed by atoms with E-state index < -0.39 is 0 Å². The first-order valence-corrected chi connectivity index (χ1v) is 7.17. The Balaban J connectivity index is 1.48. The first kappa shape index (κ1) is 11.9. The molecule has 4 heteroatoms. The molecule has 17 heavy (non-hydrogen) atoms. The highest BCUT2D eigenvalue weighted by Crippen LogP contribution is 2.18. The summed E-state index contributed by atoms with van der Waals surface area (Å²) >= 11 is 0. The summed E-state index contributed by atoms with van der Waals surface area (Å²) in [5.74, 6) is 0.923. The van der Waals surface area contributed by atoms with Gasteiger partial charge in [0.1, 0.15) is 0 Å². The van der Waals surface area contributed by atoms with Crippen LogP contribution >= 0.6 is 0 Å². The highest BCUT2D eigenvalue weighted by atomic mass is 16.5. The second kappa shape index (κ2) is 5.65. The third kappa shape index (κ3) is 2.99. The molecule has 98 valence electrons. The third-order valence-electron chi connectivity index (χ3n) is 4.50. The Labute approximate surface area is 104 Å².